The van der Waals surface area contributed by atoms with Gasteiger partial charge in [0.15, 0.2) is 0 Å². The third kappa shape index (κ3) is 4.46. The lowest BCUT2D eigenvalue weighted by Gasteiger charge is -2.36. The SMILES string of the molecule is O=C1SC(=Cc2ccccc2)C(=O)N1CCC(=O)N1CCCCC1c1cccnc1. The van der Waals surface area contributed by atoms with Gasteiger partial charge in [-0.25, -0.2) is 0 Å². The van der Waals surface area contributed by atoms with E-state index in [1.807, 2.05) is 47.4 Å². The zero-order valence-corrected chi connectivity index (χ0v) is 17.4. The summed E-state index contributed by atoms with van der Waals surface area (Å²) in [5, 5.41) is -0.322. The molecule has 2 aliphatic rings. The van der Waals surface area contributed by atoms with Crippen molar-refractivity contribution in [1.82, 2.24) is 14.8 Å². The van der Waals surface area contributed by atoms with Crippen LogP contribution >= 0.6 is 11.8 Å². The van der Waals surface area contributed by atoms with Crippen molar-refractivity contribution in [3.8, 4) is 0 Å². The van der Waals surface area contributed by atoms with Crippen molar-refractivity contribution >= 4 is 34.9 Å². The Morgan fingerprint density at radius 1 is 1.13 bits per heavy atom. The van der Waals surface area contributed by atoms with Crippen LogP contribution in [-0.4, -0.2) is 44.9 Å². The summed E-state index contributed by atoms with van der Waals surface area (Å²) in [6, 6.07) is 13.3. The van der Waals surface area contributed by atoms with Crippen molar-refractivity contribution in [2.75, 3.05) is 13.1 Å². The minimum atomic E-state index is -0.330. The summed E-state index contributed by atoms with van der Waals surface area (Å²) < 4.78 is 0. The molecule has 1 aromatic heterocycles. The largest absolute Gasteiger partial charge is 0.336 e. The number of pyridine rings is 1. The van der Waals surface area contributed by atoms with E-state index in [9.17, 15) is 14.4 Å². The fourth-order valence-corrected chi connectivity index (χ4v) is 4.76. The monoisotopic (exact) mass is 421 g/mol. The Balaban J connectivity index is 1.41. The number of carbonyl (C=O) groups excluding carboxylic acids is 3. The van der Waals surface area contributed by atoms with Gasteiger partial charge in [0.2, 0.25) is 5.91 Å². The number of rotatable bonds is 5. The van der Waals surface area contributed by atoms with Crippen LogP contribution in [0.5, 0.6) is 0 Å². The van der Waals surface area contributed by atoms with Crippen LogP contribution in [0.25, 0.3) is 6.08 Å². The lowest BCUT2D eigenvalue weighted by atomic mass is 9.96. The van der Waals surface area contributed by atoms with Crippen molar-refractivity contribution in [3.05, 3.63) is 70.9 Å². The van der Waals surface area contributed by atoms with Crippen LogP contribution in [0.4, 0.5) is 4.79 Å². The predicted molar refractivity (Wildman–Crippen MR) is 116 cm³/mol. The van der Waals surface area contributed by atoms with E-state index in [4.69, 9.17) is 0 Å². The molecule has 1 unspecified atom stereocenters. The smallest absolute Gasteiger partial charge is 0.293 e. The molecule has 0 aliphatic carbocycles. The summed E-state index contributed by atoms with van der Waals surface area (Å²) in [4.78, 5) is 45.6. The summed E-state index contributed by atoms with van der Waals surface area (Å²) in [6.07, 6.45) is 8.31. The minimum Gasteiger partial charge on any atom is -0.336 e. The van der Waals surface area contributed by atoms with Crippen molar-refractivity contribution in [1.29, 1.82) is 0 Å². The fourth-order valence-electron chi connectivity index (χ4n) is 3.89. The molecule has 2 fully saturated rings. The molecular formula is C23H23N3O3S. The summed E-state index contributed by atoms with van der Waals surface area (Å²) in [6.45, 7) is 0.792. The van der Waals surface area contributed by atoms with E-state index >= 15 is 0 Å². The molecule has 6 nitrogen and oxygen atoms in total. The number of aromatic nitrogens is 1. The highest BCUT2D eigenvalue weighted by atomic mass is 32.2. The third-order valence-corrected chi connectivity index (χ3v) is 6.32. The van der Waals surface area contributed by atoms with E-state index in [0.29, 0.717) is 11.4 Å². The molecule has 0 bridgehead atoms. The van der Waals surface area contributed by atoms with Gasteiger partial charge < -0.3 is 4.90 Å². The Hall–Kier alpha value is -2.93. The molecule has 1 atom stereocenters. The standard InChI is InChI=1S/C23H23N3O3S/c27-21(25-13-5-4-10-19(25)18-9-6-12-24-16-18)11-14-26-22(28)20(30-23(26)29)15-17-7-2-1-3-8-17/h1-3,6-9,12,15-16,19H,4-5,10-11,13-14H2. The van der Waals surface area contributed by atoms with Gasteiger partial charge in [0.1, 0.15) is 0 Å². The second-order valence-corrected chi connectivity index (χ2v) is 8.37. The van der Waals surface area contributed by atoms with Gasteiger partial charge in [-0.3, -0.25) is 24.3 Å². The van der Waals surface area contributed by atoms with Crippen LogP contribution in [0.1, 0.15) is 42.9 Å². The lowest BCUT2D eigenvalue weighted by molar-refractivity contribution is -0.135. The average molecular weight is 422 g/mol. The number of hydrogen-bond donors (Lipinski definition) is 0. The molecule has 154 valence electrons. The first-order valence-electron chi connectivity index (χ1n) is 10.1. The molecule has 3 amide bonds. The zero-order valence-electron chi connectivity index (χ0n) is 16.6. The first-order valence-corrected chi connectivity index (χ1v) is 10.9. The third-order valence-electron chi connectivity index (χ3n) is 5.41. The molecule has 0 saturated carbocycles. The molecule has 2 aromatic rings. The molecule has 7 heteroatoms. The van der Waals surface area contributed by atoms with Crippen molar-refractivity contribution in [2.45, 2.75) is 31.7 Å². The summed E-state index contributed by atoms with van der Waals surface area (Å²) >= 11 is 0.927. The lowest BCUT2D eigenvalue weighted by Crippen LogP contribution is -2.40. The topological polar surface area (TPSA) is 70.6 Å². The van der Waals surface area contributed by atoms with Crippen LogP contribution in [0, 0.1) is 0 Å². The zero-order chi connectivity index (χ0) is 20.9. The number of carbonyl (C=O) groups is 3. The van der Waals surface area contributed by atoms with E-state index in [-0.39, 0.29) is 36.1 Å². The second kappa shape index (κ2) is 9.26. The fraction of sp³-hybridized carbons (Fsp3) is 0.304. The molecule has 0 spiro atoms. The van der Waals surface area contributed by atoms with Crippen LogP contribution in [0.15, 0.2) is 59.8 Å². The van der Waals surface area contributed by atoms with Gasteiger partial charge in [-0.2, -0.15) is 0 Å². The van der Waals surface area contributed by atoms with Gasteiger partial charge in [0.25, 0.3) is 11.1 Å². The molecule has 2 saturated heterocycles. The van der Waals surface area contributed by atoms with Crippen molar-refractivity contribution < 1.29 is 14.4 Å². The Morgan fingerprint density at radius 3 is 2.73 bits per heavy atom. The number of amides is 3. The van der Waals surface area contributed by atoms with Gasteiger partial charge in [-0.05, 0) is 54.3 Å². The van der Waals surface area contributed by atoms with Crippen LogP contribution in [0.2, 0.25) is 0 Å². The van der Waals surface area contributed by atoms with E-state index < -0.39 is 0 Å². The first-order chi connectivity index (χ1) is 14.6. The van der Waals surface area contributed by atoms with Gasteiger partial charge in [0.05, 0.1) is 10.9 Å². The highest BCUT2D eigenvalue weighted by Crippen LogP contribution is 2.33. The molecular weight excluding hydrogens is 398 g/mol. The van der Waals surface area contributed by atoms with Gasteiger partial charge in [-0.1, -0.05) is 36.4 Å². The molecule has 0 N–H and O–H groups in total. The number of thioether (sulfide) groups is 1. The van der Waals surface area contributed by atoms with Crippen LogP contribution in [0.3, 0.4) is 0 Å². The number of hydrogen-bond acceptors (Lipinski definition) is 5. The van der Waals surface area contributed by atoms with E-state index in [2.05, 4.69) is 4.98 Å². The molecule has 0 radical (unpaired) electrons. The first kappa shape index (κ1) is 20.3. The molecule has 3 heterocycles. The molecule has 4 rings (SSSR count). The van der Waals surface area contributed by atoms with Crippen molar-refractivity contribution in [2.24, 2.45) is 0 Å². The number of imide groups is 1. The maximum absolute atomic E-state index is 13.0. The van der Waals surface area contributed by atoms with Crippen LogP contribution < -0.4 is 0 Å². The Kier molecular flexibility index (Phi) is 6.28. The van der Waals surface area contributed by atoms with Crippen molar-refractivity contribution in [3.63, 3.8) is 0 Å². The summed E-state index contributed by atoms with van der Waals surface area (Å²) in [5.41, 5.74) is 1.90. The van der Waals surface area contributed by atoms with Crippen LogP contribution in [-0.2, 0) is 9.59 Å². The highest BCUT2D eigenvalue weighted by molar-refractivity contribution is 8.18. The van der Waals surface area contributed by atoms with E-state index in [1.165, 1.54) is 4.90 Å². The van der Waals surface area contributed by atoms with Gasteiger partial charge >= 0.3 is 0 Å². The molecule has 2 aliphatic heterocycles. The number of likely N-dealkylation sites (tertiary alicyclic amines) is 1. The molecule has 1 aromatic carbocycles. The number of nitrogens with zero attached hydrogens (tertiary/aromatic N) is 3. The number of piperidine rings is 1. The van der Waals surface area contributed by atoms with Gasteiger partial charge in [0, 0.05) is 31.9 Å². The second-order valence-electron chi connectivity index (χ2n) is 7.38. The Bertz CT molecular complexity index is 962. The number of benzene rings is 1. The highest BCUT2D eigenvalue weighted by Gasteiger charge is 2.36. The predicted octanol–water partition coefficient (Wildman–Crippen LogP) is 4.26. The summed E-state index contributed by atoms with van der Waals surface area (Å²) in [7, 11) is 0. The van der Waals surface area contributed by atoms with E-state index in [1.54, 1.807) is 18.5 Å². The minimum absolute atomic E-state index is 0.00726. The molecule has 30 heavy (non-hydrogen) atoms. The summed E-state index contributed by atoms with van der Waals surface area (Å²) in [5.74, 6) is -0.362. The van der Waals surface area contributed by atoms with E-state index in [0.717, 1.165) is 42.2 Å². The maximum Gasteiger partial charge on any atom is 0.293 e. The Labute approximate surface area is 180 Å². The van der Waals surface area contributed by atoms with Gasteiger partial charge in [-0.15, -0.1) is 0 Å². The maximum atomic E-state index is 13.0. The quantitative estimate of drug-likeness (QED) is 0.675. The average Bonchev–Trinajstić information content (AvgIpc) is 3.05. The normalized spacial score (nSPS) is 20.8. The Morgan fingerprint density at radius 2 is 1.97 bits per heavy atom.